The smallest absolute Gasteiger partial charge is 0.235 e. The molecule has 20 heavy (non-hydrogen) atoms. The van der Waals surface area contributed by atoms with Gasteiger partial charge < -0.3 is 4.55 Å². The van der Waals surface area contributed by atoms with E-state index in [0.29, 0.717) is 12.2 Å². The van der Waals surface area contributed by atoms with E-state index in [-0.39, 0.29) is 11.3 Å². The molecule has 2 aromatic rings. The first-order valence-corrected chi connectivity index (χ1v) is 7.95. The highest BCUT2D eigenvalue weighted by molar-refractivity contribution is 7.91. The molecule has 1 aliphatic rings. The highest BCUT2D eigenvalue weighted by Gasteiger charge is 2.40. The summed E-state index contributed by atoms with van der Waals surface area (Å²) in [4.78, 5) is 14.0. The molecule has 4 heteroatoms. The monoisotopic (exact) mass is 285 g/mol. The zero-order valence-corrected chi connectivity index (χ0v) is 11.8. The first-order chi connectivity index (χ1) is 9.77. The molecule has 1 saturated heterocycles. The van der Waals surface area contributed by atoms with Crippen LogP contribution in [0.4, 0.5) is 5.69 Å². The number of para-hydroxylation sites is 1. The molecule has 3 rings (SSSR count). The van der Waals surface area contributed by atoms with Crippen molar-refractivity contribution in [3.8, 4) is 0 Å². The maximum atomic E-state index is 12.4. The van der Waals surface area contributed by atoms with Gasteiger partial charge in [0.15, 0.2) is 0 Å². The molecule has 2 aromatic carbocycles. The lowest BCUT2D eigenvalue weighted by atomic mass is 10.1. The summed E-state index contributed by atoms with van der Waals surface area (Å²) in [7, 11) is 0. The van der Waals surface area contributed by atoms with E-state index in [2.05, 4.69) is 0 Å². The number of nitrogens with zero attached hydrogens (tertiary/aromatic N) is 1. The number of amides is 1. The van der Waals surface area contributed by atoms with Crippen LogP contribution in [0.5, 0.6) is 0 Å². The van der Waals surface area contributed by atoms with E-state index >= 15 is 0 Å². The highest BCUT2D eigenvalue weighted by Crippen LogP contribution is 2.36. The lowest BCUT2D eigenvalue weighted by molar-refractivity contribution is -0.118. The van der Waals surface area contributed by atoms with Crippen molar-refractivity contribution < 1.29 is 9.35 Å². The van der Waals surface area contributed by atoms with Crippen molar-refractivity contribution in [1.29, 1.82) is 0 Å². The van der Waals surface area contributed by atoms with Crippen molar-refractivity contribution in [2.75, 3.05) is 10.7 Å². The number of rotatable bonds is 2. The van der Waals surface area contributed by atoms with Gasteiger partial charge in [-0.05, 0) is 23.3 Å². The van der Waals surface area contributed by atoms with Gasteiger partial charge in [-0.1, -0.05) is 48.5 Å². The third kappa shape index (κ3) is 2.44. The summed E-state index contributed by atoms with van der Waals surface area (Å²) in [5, 5.41) is -0.389. The van der Waals surface area contributed by atoms with Crippen molar-refractivity contribution in [1.82, 2.24) is 0 Å². The van der Waals surface area contributed by atoms with Crippen LogP contribution < -0.4 is 4.90 Å². The summed E-state index contributed by atoms with van der Waals surface area (Å²) in [6, 6.07) is 19.1. The molecule has 0 spiro atoms. The number of hydrogen-bond donors (Lipinski definition) is 0. The van der Waals surface area contributed by atoms with Crippen molar-refractivity contribution in [2.45, 2.75) is 11.8 Å². The molecule has 102 valence electrons. The van der Waals surface area contributed by atoms with Gasteiger partial charge in [0, 0.05) is 11.3 Å². The molecule has 1 amide bonds. The Kier molecular flexibility index (Phi) is 3.76. The number of carbonyl (C=O) groups excluding carboxylic acids is 1. The van der Waals surface area contributed by atoms with Crippen LogP contribution in [-0.2, 0) is 16.0 Å². The van der Waals surface area contributed by atoms with Crippen LogP contribution in [0.2, 0.25) is 0 Å². The van der Waals surface area contributed by atoms with E-state index in [4.69, 9.17) is 0 Å². The molecule has 0 N–H and O–H groups in total. The zero-order chi connectivity index (χ0) is 13.9. The van der Waals surface area contributed by atoms with Gasteiger partial charge in [0.1, 0.15) is 5.75 Å². The standard InChI is InChI=1S/C16H15NO2S/c18-15-11-12-20(19)16(13-7-3-1-4-8-13)17(15)14-9-5-2-6-10-14/h1-10,16H,11-12H2. The van der Waals surface area contributed by atoms with Crippen LogP contribution in [0.3, 0.4) is 0 Å². The maximum Gasteiger partial charge on any atom is 0.235 e. The van der Waals surface area contributed by atoms with Gasteiger partial charge in [0.2, 0.25) is 11.3 Å². The second-order valence-electron chi connectivity index (χ2n) is 4.70. The Morgan fingerprint density at radius 2 is 1.60 bits per heavy atom. The van der Waals surface area contributed by atoms with Crippen molar-refractivity contribution in [2.24, 2.45) is 0 Å². The van der Waals surface area contributed by atoms with Gasteiger partial charge in [-0.15, -0.1) is 0 Å². The average Bonchev–Trinajstić information content (AvgIpc) is 2.51. The molecule has 1 heterocycles. The summed E-state index contributed by atoms with van der Waals surface area (Å²) in [5.74, 6) is 0.464. The van der Waals surface area contributed by atoms with Crippen molar-refractivity contribution in [3.05, 3.63) is 66.2 Å². The molecule has 0 bridgehead atoms. The molecule has 0 saturated carbocycles. The molecule has 2 atom stereocenters. The van der Waals surface area contributed by atoms with Crippen molar-refractivity contribution in [3.63, 3.8) is 0 Å². The lowest BCUT2D eigenvalue weighted by Crippen LogP contribution is -2.45. The normalized spacial score (nSPS) is 22.9. The van der Waals surface area contributed by atoms with Gasteiger partial charge >= 0.3 is 0 Å². The average molecular weight is 285 g/mol. The third-order valence-corrected chi connectivity index (χ3v) is 4.98. The van der Waals surface area contributed by atoms with Crippen LogP contribution in [-0.4, -0.2) is 16.2 Å². The Morgan fingerprint density at radius 1 is 1.00 bits per heavy atom. The topological polar surface area (TPSA) is 43.4 Å². The quantitative estimate of drug-likeness (QED) is 0.796. The number of benzene rings is 2. The molecule has 0 aromatic heterocycles. The molecule has 1 fully saturated rings. The van der Waals surface area contributed by atoms with Gasteiger partial charge in [0.25, 0.3) is 0 Å². The van der Waals surface area contributed by atoms with Crippen LogP contribution in [0.1, 0.15) is 17.4 Å². The van der Waals surface area contributed by atoms with Gasteiger partial charge in [0.05, 0.1) is 6.42 Å². The largest absolute Gasteiger partial charge is 0.614 e. The molecule has 2 unspecified atom stereocenters. The summed E-state index contributed by atoms with van der Waals surface area (Å²) in [6.45, 7) is 0. The van der Waals surface area contributed by atoms with E-state index in [0.717, 1.165) is 11.3 Å². The fourth-order valence-electron chi connectivity index (χ4n) is 2.45. The second-order valence-corrected chi connectivity index (χ2v) is 6.31. The van der Waals surface area contributed by atoms with Crippen LogP contribution in [0.15, 0.2) is 60.7 Å². The minimum absolute atomic E-state index is 0.0321. The van der Waals surface area contributed by atoms with Gasteiger partial charge in [-0.3, -0.25) is 9.69 Å². The SMILES string of the molecule is O=C1CC[S+]([O-])C(c2ccccc2)N1c1ccccc1. The van der Waals surface area contributed by atoms with E-state index in [9.17, 15) is 9.35 Å². The predicted molar refractivity (Wildman–Crippen MR) is 80.7 cm³/mol. The Bertz CT molecular complexity index is 588. The fraction of sp³-hybridized carbons (Fsp3) is 0.188. The van der Waals surface area contributed by atoms with Crippen molar-refractivity contribution >= 4 is 22.8 Å². The lowest BCUT2D eigenvalue weighted by Gasteiger charge is -2.36. The van der Waals surface area contributed by atoms with E-state index in [1.165, 1.54) is 0 Å². The number of hydrogen-bond acceptors (Lipinski definition) is 2. The van der Waals surface area contributed by atoms with E-state index in [1.54, 1.807) is 4.90 Å². The Balaban J connectivity index is 2.05. The Hall–Kier alpha value is -1.78. The minimum atomic E-state index is -1.08. The van der Waals surface area contributed by atoms with Crippen LogP contribution >= 0.6 is 0 Å². The number of anilines is 1. The highest BCUT2D eigenvalue weighted by atomic mass is 32.2. The molecule has 0 radical (unpaired) electrons. The molecular weight excluding hydrogens is 270 g/mol. The molecule has 1 aliphatic heterocycles. The second kappa shape index (κ2) is 5.69. The number of carbonyl (C=O) groups is 1. The zero-order valence-electron chi connectivity index (χ0n) is 10.9. The van der Waals surface area contributed by atoms with E-state index < -0.39 is 11.2 Å². The summed E-state index contributed by atoms with van der Waals surface area (Å²) >= 11 is -1.08. The first-order valence-electron chi connectivity index (χ1n) is 6.56. The Morgan fingerprint density at radius 3 is 2.25 bits per heavy atom. The molecule has 0 aliphatic carbocycles. The van der Waals surface area contributed by atoms with E-state index in [1.807, 2.05) is 60.7 Å². The third-order valence-electron chi connectivity index (χ3n) is 3.39. The minimum Gasteiger partial charge on any atom is -0.614 e. The summed E-state index contributed by atoms with van der Waals surface area (Å²) in [5.41, 5.74) is 1.72. The molecule has 3 nitrogen and oxygen atoms in total. The summed E-state index contributed by atoms with van der Waals surface area (Å²) < 4.78 is 12.4. The van der Waals surface area contributed by atoms with Crippen LogP contribution in [0.25, 0.3) is 0 Å². The fourth-order valence-corrected chi connectivity index (χ4v) is 3.99. The van der Waals surface area contributed by atoms with Gasteiger partial charge in [-0.2, -0.15) is 0 Å². The van der Waals surface area contributed by atoms with Gasteiger partial charge in [-0.25, -0.2) is 0 Å². The summed E-state index contributed by atoms with van der Waals surface area (Å²) in [6.07, 6.45) is 0.338. The maximum absolute atomic E-state index is 12.4. The molecular formula is C16H15NO2S. The van der Waals surface area contributed by atoms with Crippen LogP contribution in [0, 0.1) is 0 Å². The Labute approximate surface area is 121 Å². The predicted octanol–water partition coefficient (Wildman–Crippen LogP) is 2.87. The first kappa shape index (κ1) is 13.2.